The molecule has 0 aromatic carbocycles. The van der Waals surface area contributed by atoms with Gasteiger partial charge in [-0.2, -0.15) is 0 Å². The predicted octanol–water partition coefficient (Wildman–Crippen LogP) is 3.96. The van der Waals surface area contributed by atoms with Crippen molar-refractivity contribution in [1.29, 1.82) is 0 Å². The van der Waals surface area contributed by atoms with E-state index in [1.807, 2.05) is 6.07 Å². The Hall–Kier alpha value is -0.640. The van der Waals surface area contributed by atoms with E-state index >= 15 is 0 Å². The van der Waals surface area contributed by atoms with Crippen LogP contribution in [-0.2, 0) is 0 Å². The van der Waals surface area contributed by atoms with E-state index in [1.54, 1.807) is 0 Å². The first-order valence-electron chi connectivity index (χ1n) is 6.99. The summed E-state index contributed by atoms with van der Waals surface area (Å²) in [7, 11) is 0. The van der Waals surface area contributed by atoms with Crippen LogP contribution in [0.2, 0.25) is 0 Å². The van der Waals surface area contributed by atoms with E-state index in [0.29, 0.717) is 5.92 Å². The van der Waals surface area contributed by atoms with Gasteiger partial charge in [-0.15, -0.1) is 0 Å². The minimum Gasteiger partial charge on any atom is -0.370 e. The van der Waals surface area contributed by atoms with Crippen molar-refractivity contribution < 1.29 is 0 Å². The number of hydrogen-bond acceptors (Lipinski definition) is 3. The van der Waals surface area contributed by atoms with Crippen molar-refractivity contribution in [3.8, 4) is 0 Å². The summed E-state index contributed by atoms with van der Waals surface area (Å²) in [4.78, 5) is 9.08. The maximum Gasteiger partial charge on any atom is 0.135 e. The van der Waals surface area contributed by atoms with E-state index < -0.39 is 0 Å². The Balaban J connectivity index is 1.61. The van der Waals surface area contributed by atoms with E-state index in [1.165, 1.54) is 32.1 Å². The highest BCUT2D eigenvalue weighted by atomic mass is 79.9. The van der Waals surface area contributed by atoms with E-state index in [9.17, 15) is 0 Å². The molecule has 2 fully saturated rings. The van der Waals surface area contributed by atoms with Gasteiger partial charge < -0.3 is 5.32 Å². The fourth-order valence-electron chi connectivity index (χ4n) is 2.81. The van der Waals surface area contributed by atoms with Crippen molar-refractivity contribution in [2.75, 3.05) is 11.9 Å². The Bertz CT molecular complexity index is 431. The van der Waals surface area contributed by atoms with Gasteiger partial charge in [0, 0.05) is 18.5 Å². The third-order valence-corrected chi connectivity index (χ3v) is 4.44. The Kier molecular flexibility index (Phi) is 3.55. The highest BCUT2D eigenvalue weighted by Gasteiger charge is 2.27. The van der Waals surface area contributed by atoms with Gasteiger partial charge in [0.25, 0.3) is 0 Å². The minimum atomic E-state index is 0.606. The summed E-state index contributed by atoms with van der Waals surface area (Å²) >= 11 is 3.48. The molecule has 2 unspecified atom stereocenters. The molecule has 2 aliphatic carbocycles. The number of anilines is 1. The fraction of sp³-hybridized carbons (Fsp3) is 0.714. The molecule has 2 aliphatic rings. The molecule has 98 valence electrons. The first-order valence-corrected chi connectivity index (χ1v) is 7.78. The highest BCUT2D eigenvalue weighted by Crippen LogP contribution is 2.39. The molecule has 3 nitrogen and oxygen atoms in total. The van der Waals surface area contributed by atoms with Crippen molar-refractivity contribution in [3.05, 3.63) is 16.5 Å². The summed E-state index contributed by atoms with van der Waals surface area (Å²) in [5.74, 6) is 4.31. The Morgan fingerprint density at radius 1 is 1.28 bits per heavy atom. The molecule has 2 saturated carbocycles. The van der Waals surface area contributed by atoms with Crippen LogP contribution in [0.5, 0.6) is 0 Å². The average molecular weight is 310 g/mol. The maximum absolute atomic E-state index is 4.62. The van der Waals surface area contributed by atoms with Gasteiger partial charge >= 0.3 is 0 Å². The lowest BCUT2D eigenvalue weighted by Gasteiger charge is -2.12. The summed E-state index contributed by atoms with van der Waals surface area (Å²) < 4.78 is 0.904. The molecule has 0 amide bonds. The first kappa shape index (κ1) is 12.4. The average Bonchev–Trinajstić information content (AvgIpc) is 3.10. The van der Waals surface area contributed by atoms with Gasteiger partial charge in [0.15, 0.2) is 0 Å². The lowest BCUT2D eigenvalue weighted by atomic mass is 10.1. The number of rotatable bonds is 4. The zero-order valence-electron chi connectivity index (χ0n) is 10.8. The van der Waals surface area contributed by atoms with Crippen molar-refractivity contribution in [2.45, 2.75) is 44.9 Å². The van der Waals surface area contributed by atoms with Crippen LogP contribution in [0.4, 0.5) is 5.82 Å². The standard InChI is InChI=1S/C14H20BrN3/c1-9-2-3-10(6-9)8-16-13-7-12(15)17-14(18-13)11-4-5-11/h7,9-11H,2-6,8H2,1H3,(H,16,17,18). The highest BCUT2D eigenvalue weighted by molar-refractivity contribution is 9.10. The van der Waals surface area contributed by atoms with Crippen molar-refractivity contribution in [2.24, 2.45) is 11.8 Å². The molecule has 4 heteroatoms. The smallest absolute Gasteiger partial charge is 0.135 e. The maximum atomic E-state index is 4.62. The Morgan fingerprint density at radius 3 is 2.78 bits per heavy atom. The molecule has 2 atom stereocenters. The topological polar surface area (TPSA) is 37.8 Å². The monoisotopic (exact) mass is 309 g/mol. The van der Waals surface area contributed by atoms with Crippen LogP contribution in [0.3, 0.4) is 0 Å². The van der Waals surface area contributed by atoms with Crippen LogP contribution >= 0.6 is 15.9 Å². The quantitative estimate of drug-likeness (QED) is 0.855. The largest absolute Gasteiger partial charge is 0.370 e. The number of aromatic nitrogens is 2. The van der Waals surface area contributed by atoms with Gasteiger partial charge in [-0.25, -0.2) is 9.97 Å². The summed E-state index contributed by atoms with van der Waals surface area (Å²) in [6.07, 6.45) is 6.59. The van der Waals surface area contributed by atoms with Crippen LogP contribution in [0.15, 0.2) is 10.7 Å². The number of nitrogens with one attached hydrogen (secondary N) is 1. The van der Waals surface area contributed by atoms with Gasteiger partial charge in [-0.1, -0.05) is 13.3 Å². The number of halogens is 1. The van der Waals surface area contributed by atoms with Crippen LogP contribution in [0.25, 0.3) is 0 Å². The third-order valence-electron chi connectivity index (χ3n) is 4.03. The van der Waals surface area contributed by atoms with Crippen LogP contribution in [0, 0.1) is 11.8 Å². The van der Waals surface area contributed by atoms with Crippen molar-refractivity contribution >= 4 is 21.7 Å². The molecule has 1 aromatic rings. The summed E-state index contributed by atoms with van der Waals surface area (Å²) in [6, 6.07) is 1.99. The molecule has 18 heavy (non-hydrogen) atoms. The first-order chi connectivity index (χ1) is 8.70. The fourth-order valence-corrected chi connectivity index (χ4v) is 3.21. The molecule has 0 saturated heterocycles. The van der Waals surface area contributed by atoms with Gasteiger partial charge in [0.05, 0.1) is 0 Å². The van der Waals surface area contributed by atoms with E-state index in [0.717, 1.165) is 34.6 Å². The minimum absolute atomic E-state index is 0.606. The molecule has 1 aromatic heterocycles. The van der Waals surface area contributed by atoms with Crippen LogP contribution < -0.4 is 5.32 Å². The Morgan fingerprint density at radius 2 is 2.11 bits per heavy atom. The van der Waals surface area contributed by atoms with E-state index in [2.05, 4.69) is 38.1 Å². The molecule has 0 aliphatic heterocycles. The third kappa shape index (κ3) is 3.02. The van der Waals surface area contributed by atoms with Gasteiger partial charge in [0.1, 0.15) is 16.2 Å². The predicted molar refractivity (Wildman–Crippen MR) is 76.7 cm³/mol. The summed E-state index contributed by atoms with van der Waals surface area (Å²) in [5, 5.41) is 3.49. The van der Waals surface area contributed by atoms with E-state index in [-0.39, 0.29) is 0 Å². The van der Waals surface area contributed by atoms with Crippen LogP contribution in [0.1, 0.15) is 50.8 Å². The molecular formula is C14H20BrN3. The summed E-state index contributed by atoms with van der Waals surface area (Å²) in [5.41, 5.74) is 0. The molecule has 1 N–H and O–H groups in total. The zero-order chi connectivity index (χ0) is 12.5. The molecule has 0 radical (unpaired) electrons. The normalized spacial score (nSPS) is 27.4. The SMILES string of the molecule is CC1CCC(CNc2cc(Br)nc(C3CC3)n2)C1. The van der Waals surface area contributed by atoms with Crippen LogP contribution in [-0.4, -0.2) is 16.5 Å². The van der Waals surface area contributed by atoms with Gasteiger partial charge in [-0.05, 0) is 53.4 Å². The Labute approximate surface area is 117 Å². The zero-order valence-corrected chi connectivity index (χ0v) is 12.4. The lowest BCUT2D eigenvalue weighted by molar-refractivity contribution is 0.536. The molecule has 1 heterocycles. The number of hydrogen-bond donors (Lipinski definition) is 1. The molecule has 0 bridgehead atoms. The summed E-state index contributed by atoms with van der Waals surface area (Å²) in [6.45, 7) is 3.41. The van der Waals surface area contributed by atoms with Gasteiger partial charge in [-0.3, -0.25) is 0 Å². The van der Waals surface area contributed by atoms with Gasteiger partial charge in [0.2, 0.25) is 0 Å². The van der Waals surface area contributed by atoms with Crippen molar-refractivity contribution in [1.82, 2.24) is 9.97 Å². The van der Waals surface area contributed by atoms with Crippen molar-refractivity contribution in [3.63, 3.8) is 0 Å². The van der Waals surface area contributed by atoms with E-state index in [4.69, 9.17) is 0 Å². The second-order valence-electron chi connectivity index (χ2n) is 5.87. The molecule has 0 spiro atoms. The second-order valence-corrected chi connectivity index (χ2v) is 6.69. The molecule has 3 rings (SSSR count). The number of nitrogens with zero attached hydrogens (tertiary/aromatic N) is 2. The molecular weight excluding hydrogens is 290 g/mol. The lowest BCUT2D eigenvalue weighted by Crippen LogP contribution is -2.13. The second kappa shape index (κ2) is 5.16.